The molecule has 0 heterocycles. The van der Waals surface area contributed by atoms with E-state index in [-0.39, 0.29) is 0 Å². The molecule has 0 saturated heterocycles. The molecule has 0 unspecified atom stereocenters. The minimum atomic E-state index is -3.99. The van der Waals surface area contributed by atoms with Crippen LogP contribution in [0.2, 0.25) is 0 Å². The highest BCUT2D eigenvalue weighted by molar-refractivity contribution is 7.53. The first kappa shape index (κ1) is 13.1. The summed E-state index contributed by atoms with van der Waals surface area (Å²) in [6, 6.07) is 0. The summed E-state index contributed by atoms with van der Waals surface area (Å²) in [5, 5.41) is -0.945. The molecule has 0 bridgehead atoms. The first-order valence-electron chi connectivity index (χ1n) is 4.52. The Bertz CT molecular complexity index is 196. The van der Waals surface area contributed by atoms with Crippen LogP contribution in [0.3, 0.4) is 0 Å². The second kappa shape index (κ2) is 4.56. The monoisotopic (exact) mass is 209 g/mol. The zero-order valence-corrected chi connectivity index (χ0v) is 9.71. The van der Waals surface area contributed by atoms with Crippen molar-refractivity contribution >= 4 is 7.60 Å². The number of hydrogen-bond donors (Lipinski definition) is 2. The van der Waals surface area contributed by atoms with Crippen molar-refractivity contribution in [3.05, 3.63) is 0 Å². The van der Waals surface area contributed by atoms with Gasteiger partial charge >= 0.3 is 7.60 Å². The molecule has 0 aromatic carbocycles. The maximum atomic E-state index is 11.1. The number of rotatable bonds is 5. The molecular weight excluding hydrogens is 189 g/mol. The van der Waals surface area contributed by atoms with Gasteiger partial charge in [-0.25, -0.2) is 0 Å². The Morgan fingerprint density at radius 3 is 1.85 bits per heavy atom. The second-order valence-electron chi connectivity index (χ2n) is 3.82. The third-order valence-electron chi connectivity index (χ3n) is 2.29. The van der Waals surface area contributed by atoms with Gasteiger partial charge in [0.1, 0.15) is 0 Å². The SMILES string of the molecule is CCN(CC)CC(C)(C)P(=O)(O)O. The molecule has 13 heavy (non-hydrogen) atoms. The predicted molar refractivity (Wildman–Crippen MR) is 53.9 cm³/mol. The van der Waals surface area contributed by atoms with E-state index in [1.165, 1.54) is 0 Å². The minimum Gasteiger partial charge on any atom is -0.324 e. The number of nitrogens with zero attached hydrogens (tertiary/aromatic N) is 1. The topological polar surface area (TPSA) is 60.8 Å². The maximum absolute atomic E-state index is 11.1. The van der Waals surface area contributed by atoms with Gasteiger partial charge in [-0.05, 0) is 26.9 Å². The second-order valence-corrected chi connectivity index (χ2v) is 6.12. The minimum absolute atomic E-state index is 0.435. The van der Waals surface area contributed by atoms with Crippen molar-refractivity contribution in [1.82, 2.24) is 4.90 Å². The lowest BCUT2D eigenvalue weighted by Gasteiger charge is -2.31. The van der Waals surface area contributed by atoms with Gasteiger partial charge in [0.2, 0.25) is 0 Å². The fourth-order valence-corrected chi connectivity index (χ4v) is 1.47. The normalized spacial score (nSPS) is 13.8. The van der Waals surface area contributed by atoms with E-state index in [1.807, 2.05) is 18.7 Å². The van der Waals surface area contributed by atoms with Gasteiger partial charge in [0.05, 0.1) is 5.16 Å². The fraction of sp³-hybridized carbons (Fsp3) is 1.00. The highest BCUT2D eigenvalue weighted by Crippen LogP contribution is 2.50. The van der Waals surface area contributed by atoms with Crippen molar-refractivity contribution < 1.29 is 14.4 Å². The fourth-order valence-electron chi connectivity index (χ4n) is 1.09. The largest absolute Gasteiger partial charge is 0.332 e. The summed E-state index contributed by atoms with van der Waals surface area (Å²) in [6.45, 7) is 9.25. The molecule has 0 aliphatic heterocycles. The Balaban J connectivity index is 4.41. The first-order chi connectivity index (χ1) is 5.74. The average Bonchev–Trinajstić information content (AvgIpc) is 1.98. The van der Waals surface area contributed by atoms with Gasteiger partial charge in [-0.15, -0.1) is 0 Å². The van der Waals surface area contributed by atoms with Crippen LogP contribution in [0.25, 0.3) is 0 Å². The summed E-state index contributed by atoms with van der Waals surface area (Å²) in [5.41, 5.74) is 0. The van der Waals surface area contributed by atoms with Crippen molar-refractivity contribution in [2.24, 2.45) is 0 Å². The van der Waals surface area contributed by atoms with E-state index in [4.69, 9.17) is 9.79 Å². The zero-order valence-electron chi connectivity index (χ0n) is 8.82. The van der Waals surface area contributed by atoms with Crippen molar-refractivity contribution in [2.45, 2.75) is 32.9 Å². The van der Waals surface area contributed by atoms with Crippen LogP contribution in [0.1, 0.15) is 27.7 Å². The molecule has 0 aliphatic rings. The number of hydrogen-bond acceptors (Lipinski definition) is 2. The quantitative estimate of drug-likeness (QED) is 0.670. The Hall–Kier alpha value is 0.110. The van der Waals surface area contributed by atoms with E-state index in [2.05, 4.69) is 0 Å². The van der Waals surface area contributed by atoms with Gasteiger partial charge in [-0.3, -0.25) is 4.57 Å². The van der Waals surface area contributed by atoms with Crippen LogP contribution in [-0.4, -0.2) is 39.5 Å². The molecule has 0 aromatic heterocycles. The molecule has 0 fully saturated rings. The van der Waals surface area contributed by atoms with Crippen LogP contribution >= 0.6 is 7.60 Å². The van der Waals surface area contributed by atoms with Gasteiger partial charge in [-0.1, -0.05) is 13.8 Å². The highest BCUT2D eigenvalue weighted by atomic mass is 31.2. The standard InChI is InChI=1S/C8H20NO3P/c1-5-9(6-2)7-8(3,4)13(10,11)12/h5-7H2,1-4H3,(H2,10,11,12). The molecule has 0 atom stereocenters. The van der Waals surface area contributed by atoms with Gasteiger partial charge in [0, 0.05) is 6.54 Å². The smallest absolute Gasteiger partial charge is 0.324 e. The molecule has 2 N–H and O–H groups in total. The van der Waals surface area contributed by atoms with E-state index in [0.717, 1.165) is 13.1 Å². The van der Waals surface area contributed by atoms with Crippen LogP contribution in [0.4, 0.5) is 0 Å². The Kier molecular flexibility index (Phi) is 4.60. The Labute approximate surface area is 80.1 Å². The van der Waals surface area contributed by atoms with Gasteiger partial charge in [0.15, 0.2) is 0 Å². The van der Waals surface area contributed by atoms with Crippen LogP contribution in [0, 0.1) is 0 Å². The Morgan fingerprint density at radius 2 is 1.62 bits per heavy atom. The van der Waals surface area contributed by atoms with E-state index in [0.29, 0.717) is 6.54 Å². The summed E-state index contributed by atoms with van der Waals surface area (Å²) in [5.74, 6) is 0. The van der Waals surface area contributed by atoms with E-state index in [1.54, 1.807) is 13.8 Å². The van der Waals surface area contributed by atoms with Crippen LogP contribution in [0.5, 0.6) is 0 Å². The molecule has 80 valence electrons. The summed E-state index contributed by atoms with van der Waals surface area (Å²) < 4.78 is 11.1. The van der Waals surface area contributed by atoms with E-state index >= 15 is 0 Å². The molecule has 0 aromatic rings. The van der Waals surface area contributed by atoms with Crippen molar-refractivity contribution in [1.29, 1.82) is 0 Å². The molecule has 0 amide bonds. The molecule has 0 aliphatic carbocycles. The summed E-state index contributed by atoms with van der Waals surface area (Å²) in [6.07, 6.45) is 0. The lowest BCUT2D eigenvalue weighted by molar-refractivity contribution is 0.248. The average molecular weight is 209 g/mol. The third kappa shape index (κ3) is 3.77. The molecule has 0 radical (unpaired) electrons. The first-order valence-corrected chi connectivity index (χ1v) is 6.13. The van der Waals surface area contributed by atoms with Gasteiger partial charge in [0.25, 0.3) is 0 Å². The van der Waals surface area contributed by atoms with Crippen LogP contribution < -0.4 is 0 Å². The maximum Gasteiger partial charge on any atom is 0.332 e. The lowest BCUT2D eigenvalue weighted by Crippen LogP contribution is -2.38. The lowest BCUT2D eigenvalue weighted by atomic mass is 10.2. The van der Waals surface area contributed by atoms with Crippen molar-refractivity contribution in [2.75, 3.05) is 19.6 Å². The molecule has 0 saturated carbocycles. The molecule has 4 nitrogen and oxygen atoms in total. The molecule has 0 rings (SSSR count). The van der Waals surface area contributed by atoms with Gasteiger partial charge in [-0.2, -0.15) is 0 Å². The van der Waals surface area contributed by atoms with Crippen LogP contribution in [0.15, 0.2) is 0 Å². The third-order valence-corrected chi connectivity index (χ3v) is 4.01. The summed E-state index contributed by atoms with van der Waals surface area (Å²) >= 11 is 0. The van der Waals surface area contributed by atoms with Crippen molar-refractivity contribution in [3.63, 3.8) is 0 Å². The highest BCUT2D eigenvalue weighted by Gasteiger charge is 2.38. The predicted octanol–water partition coefficient (Wildman–Crippen LogP) is 1.28. The van der Waals surface area contributed by atoms with E-state index < -0.39 is 12.8 Å². The Morgan fingerprint density at radius 1 is 1.23 bits per heavy atom. The molecular formula is C8H20NO3P. The molecule has 0 spiro atoms. The summed E-state index contributed by atoms with van der Waals surface area (Å²) in [7, 11) is -3.99. The zero-order chi connectivity index (χ0) is 10.7. The van der Waals surface area contributed by atoms with Crippen LogP contribution in [-0.2, 0) is 4.57 Å². The van der Waals surface area contributed by atoms with E-state index in [9.17, 15) is 4.57 Å². The van der Waals surface area contributed by atoms with Gasteiger partial charge < -0.3 is 14.7 Å². The summed E-state index contributed by atoms with van der Waals surface area (Å²) in [4.78, 5) is 20.2. The molecule has 5 heteroatoms. The van der Waals surface area contributed by atoms with Crippen molar-refractivity contribution in [3.8, 4) is 0 Å².